The van der Waals surface area contributed by atoms with Gasteiger partial charge in [-0.25, -0.2) is 4.39 Å². The Morgan fingerprint density at radius 2 is 2.07 bits per heavy atom. The van der Waals surface area contributed by atoms with Crippen molar-refractivity contribution in [2.24, 2.45) is 0 Å². The Bertz CT molecular complexity index is 385. The van der Waals surface area contributed by atoms with Gasteiger partial charge in [0.15, 0.2) is 0 Å². The first kappa shape index (κ1) is 8.68. The van der Waals surface area contributed by atoms with Gasteiger partial charge in [0, 0.05) is 6.54 Å². The van der Waals surface area contributed by atoms with E-state index in [1.54, 1.807) is 12.1 Å². The van der Waals surface area contributed by atoms with E-state index in [0.29, 0.717) is 12.6 Å². The second-order valence-corrected chi connectivity index (χ2v) is 2.72. The Kier molecular flexibility index (Phi) is 2.40. The zero-order chi connectivity index (χ0) is 9.80. The third kappa shape index (κ3) is 2.07. The number of hydrogen-bond donors (Lipinski definition) is 1. The van der Waals surface area contributed by atoms with Crippen molar-refractivity contribution in [3.05, 3.63) is 42.0 Å². The maximum Gasteiger partial charge on any atom is 0.315 e. The van der Waals surface area contributed by atoms with Crippen LogP contribution < -0.4 is 5.32 Å². The van der Waals surface area contributed by atoms with E-state index in [1.807, 2.05) is 0 Å². The molecule has 1 aromatic heterocycles. The molecule has 0 aliphatic rings. The summed E-state index contributed by atoms with van der Waals surface area (Å²) in [6.07, 6.45) is 1.24. The van der Waals surface area contributed by atoms with Gasteiger partial charge < -0.3 is 9.73 Å². The topological polar surface area (TPSA) is 51.0 Å². The molecule has 0 bridgehead atoms. The van der Waals surface area contributed by atoms with E-state index in [-0.39, 0.29) is 5.82 Å². The molecule has 0 radical (unpaired) electrons. The molecule has 0 fully saturated rings. The fourth-order valence-electron chi connectivity index (χ4n) is 1.03. The van der Waals surface area contributed by atoms with E-state index >= 15 is 0 Å². The summed E-state index contributed by atoms with van der Waals surface area (Å²) in [5.41, 5.74) is 0.949. The molecule has 1 N–H and O–H groups in total. The predicted octanol–water partition coefficient (Wildman–Crippen LogP) is 1.82. The van der Waals surface area contributed by atoms with Crippen molar-refractivity contribution in [3.63, 3.8) is 0 Å². The monoisotopic (exact) mass is 193 g/mol. The Morgan fingerprint density at radius 3 is 2.71 bits per heavy atom. The van der Waals surface area contributed by atoms with Crippen molar-refractivity contribution < 1.29 is 8.81 Å². The smallest absolute Gasteiger partial charge is 0.315 e. The van der Waals surface area contributed by atoms with Crippen LogP contribution in [0.1, 0.15) is 5.56 Å². The van der Waals surface area contributed by atoms with Crippen molar-refractivity contribution in [2.45, 2.75) is 6.54 Å². The van der Waals surface area contributed by atoms with E-state index in [4.69, 9.17) is 4.42 Å². The van der Waals surface area contributed by atoms with Crippen LogP contribution in [0, 0.1) is 5.82 Å². The number of aromatic nitrogens is 2. The SMILES string of the molecule is Fc1ccc(CNc2nnco2)cc1. The van der Waals surface area contributed by atoms with Gasteiger partial charge in [0.25, 0.3) is 0 Å². The Morgan fingerprint density at radius 1 is 1.29 bits per heavy atom. The molecule has 0 aliphatic carbocycles. The number of halogens is 1. The minimum atomic E-state index is -0.244. The summed E-state index contributed by atoms with van der Waals surface area (Å²) in [6.45, 7) is 0.530. The lowest BCUT2D eigenvalue weighted by Gasteiger charge is -2.00. The Labute approximate surface area is 79.8 Å². The molecule has 14 heavy (non-hydrogen) atoms. The number of nitrogens with zero attached hydrogens (tertiary/aromatic N) is 2. The molecule has 0 saturated carbocycles. The van der Waals surface area contributed by atoms with Crippen LogP contribution in [0.5, 0.6) is 0 Å². The molecule has 0 aliphatic heterocycles. The molecule has 1 heterocycles. The van der Waals surface area contributed by atoms with Crippen LogP contribution in [-0.4, -0.2) is 10.2 Å². The molecule has 1 aromatic carbocycles. The van der Waals surface area contributed by atoms with Crippen molar-refractivity contribution in [1.29, 1.82) is 0 Å². The highest BCUT2D eigenvalue weighted by atomic mass is 19.1. The first-order valence-electron chi connectivity index (χ1n) is 4.09. The van der Waals surface area contributed by atoms with Crippen LogP contribution >= 0.6 is 0 Å². The third-order valence-electron chi connectivity index (χ3n) is 1.72. The summed E-state index contributed by atoms with van der Waals surface area (Å²) >= 11 is 0. The van der Waals surface area contributed by atoms with Crippen LogP contribution in [0.25, 0.3) is 0 Å². The normalized spacial score (nSPS) is 10.1. The quantitative estimate of drug-likeness (QED) is 0.807. The van der Waals surface area contributed by atoms with Gasteiger partial charge in [-0.2, -0.15) is 0 Å². The molecule has 0 unspecified atom stereocenters. The summed E-state index contributed by atoms with van der Waals surface area (Å²) < 4.78 is 17.4. The Balaban J connectivity index is 1.95. The predicted molar refractivity (Wildman–Crippen MR) is 48.0 cm³/mol. The van der Waals surface area contributed by atoms with Crippen LogP contribution in [-0.2, 0) is 6.54 Å². The molecular formula is C9H8FN3O. The zero-order valence-electron chi connectivity index (χ0n) is 7.27. The molecular weight excluding hydrogens is 185 g/mol. The van der Waals surface area contributed by atoms with Crippen molar-refractivity contribution in [1.82, 2.24) is 10.2 Å². The number of hydrogen-bond acceptors (Lipinski definition) is 4. The minimum Gasteiger partial charge on any atom is -0.411 e. The summed E-state index contributed by atoms with van der Waals surface area (Å²) in [7, 11) is 0. The highest BCUT2D eigenvalue weighted by molar-refractivity contribution is 5.23. The molecule has 0 amide bonds. The molecule has 72 valence electrons. The van der Waals surface area contributed by atoms with E-state index in [1.165, 1.54) is 18.5 Å². The third-order valence-corrected chi connectivity index (χ3v) is 1.72. The lowest BCUT2D eigenvalue weighted by Crippen LogP contribution is -1.99. The maximum atomic E-state index is 12.5. The average Bonchev–Trinajstić information content (AvgIpc) is 2.70. The molecule has 2 rings (SSSR count). The van der Waals surface area contributed by atoms with Gasteiger partial charge in [0.1, 0.15) is 5.82 Å². The number of anilines is 1. The maximum absolute atomic E-state index is 12.5. The minimum absolute atomic E-state index is 0.244. The molecule has 0 atom stereocenters. The first-order valence-corrected chi connectivity index (χ1v) is 4.09. The number of benzene rings is 1. The van der Waals surface area contributed by atoms with Gasteiger partial charge in [0.2, 0.25) is 6.39 Å². The number of rotatable bonds is 3. The van der Waals surface area contributed by atoms with E-state index in [0.717, 1.165) is 5.56 Å². The number of nitrogens with one attached hydrogen (secondary N) is 1. The highest BCUT2D eigenvalue weighted by Crippen LogP contribution is 2.06. The van der Waals surface area contributed by atoms with Crippen molar-refractivity contribution >= 4 is 6.01 Å². The van der Waals surface area contributed by atoms with Crippen molar-refractivity contribution in [2.75, 3.05) is 5.32 Å². The fraction of sp³-hybridized carbons (Fsp3) is 0.111. The van der Waals surface area contributed by atoms with Crippen LogP contribution in [0.15, 0.2) is 35.1 Å². The lowest BCUT2D eigenvalue weighted by molar-refractivity contribution is 0.565. The van der Waals surface area contributed by atoms with Gasteiger partial charge in [-0.15, -0.1) is 5.10 Å². The van der Waals surface area contributed by atoms with Gasteiger partial charge in [-0.3, -0.25) is 0 Å². The van der Waals surface area contributed by atoms with Crippen LogP contribution in [0.4, 0.5) is 10.4 Å². The van der Waals surface area contributed by atoms with Gasteiger partial charge in [0.05, 0.1) is 0 Å². The fourth-order valence-corrected chi connectivity index (χ4v) is 1.03. The standard InChI is InChI=1S/C9H8FN3O/c10-8-3-1-7(2-4-8)5-11-9-13-12-6-14-9/h1-4,6H,5H2,(H,11,13). The summed E-state index contributed by atoms with van der Waals surface area (Å²) in [5.74, 6) is -0.244. The molecule has 2 aromatic rings. The molecule has 0 saturated heterocycles. The van der Waals surface area contributed by atoms with Crippen LogP contribution in [0.2, 0.25) is 0 Å². The summed E-state index contributed by atoms with van der Waals surface area (Å²) in [5, 5.41) is 10.1. The largest absolute Gasteiger partial charge is 0.411 e. The Hall–Kier alpha value is -1.91. The molecule has 4 nitrogen and oxygen atoms in total. The second kappa shape index (κ2) is 3.87. The van der Waals surface area contributed by atoms with Crippen LogP contribution in [0.3, 0.4) is 0 Å². The summed E-state index contributed by atoms with van der Waals surface area (Å²) in [4.78, 5) is 0. The van der Waals surface area contributed by atoms with Gasteiger partial charge in [-0.05, 0) is 17.7 Å². The molecule has 0 spiro atoms. The average molecular weight is 193 g/mol. The van der Waals surface area contributed by atoms with E-state index in [2.05, 4.69) is 15.5 Å². The van der Waals surface area contributed by atoms with Gasteiger partial charge >= 0.3 is 6.01 Å². The van der Waals surface area contributed by atoms with Gasteiger partial charge in [-0.1, -0.05) is 17.2 Å². The van der Waals surface area contributed by atoms with Crippen molar-refractivity contribution in [3.8, 4) is 0 Å². The molecule has 5 heteroatoms. The lowest BCUT2D eigenvalue weighted by atomic mass is 10.2. The van der Waals surface area contributed by atoms with E-state index in [9.17, 15) is 4.39 Å². The summed E-state index contributed by atoms with van der Waals surface area (Å²) in [6, 6.07) is 6.56. The highest BCUT2D eigenvalue weighted by Gasteiger charge is 1.97. The second-order valence-electron chi connectivity index (χ2n) is 2.72. The first-order chi connectivity index (χ1) is 6.84. The zero-order valence-corrected chi connectivity index (χ0v) is 7.27. The van der Waals surface area contributed by atoms with E-state index < -0.39 is 0 Å².